The zero-order valence-electron chi connectivity index (χ0n) is 6.20. The second-order valence-corrected chi connectivity index (χ2v) is 2.04. The molecule has 1 aromatic heterocycles. The van der Waals surface area contributed by atoms with Gasteiger partial charge in [0, 0.05) is 6.42 Å². The third-order valence-electron chi connectivity index (χ3n) is 1.28. The fourth-order valence-corrected chi connectivity index (χ4v) is 0.678. The largest absolute Gasteiger partial charge is 0.469 e. The first kappa shape index (κ1) is 7.71. The second kappa shape index (κ2) is 3.70. The number of aromatic amines is 1. The molecule has 1 heterocycles. The number of carbonyl (C=O) groups is 1. The van der Waals surface area contributed by atoms with Crippen molar-refractivity contribution < 1.29 is 9.53 Å². The Morgan fingerprint density at radius 2 is 2.64 bits per heavy atom. The number of hydrogen-bond donors (Lipinski definition) is 1. The summed E-state index contributed by atoms with van der Waals surface area (Å²) in [6, 6.07) is 0. The smallest absolute Gasteiger partial charge is 0.305 e. The summed E-state index contributed by atoms with van der Waals surface area (Å²) in [5, 5.41) is 9.84. The highest BCUT2D eigenvalue weighted by atomic mass is 16.5. The van der Waals surface area contributed by atoms with Crippen LogP contribution in [-0.4, -0.2) is 28.5 Å². The van der Waals surface area contributed by atoms with Gasteiger partial charge in [-0.25, -0.2) is 0 Å². The number of ether oxygens (including phenoxy) is 1. The molecule has 5 heteroatoms. The predicted octanol–water partition coefficient (Wildman–Crippen LogP) is -0.0897. The van der Waals surface area contributed by atoms with Crippen LogP contribution < -0.4 is 0 Å². The number of methoxy groups -OCH3 is 1. The van der Waals surface area contributed by atoms with E-state index in [0.29, 0.717) is 12.8 Å². The van der Waals surface area contributed by atoms with Crippen molar-refractivity contribution in [3.63, 3.8) is 0 Å². The highest BCUT2D eigenvalue weighted by Gasteiger charge is 2.02. The molecular formula is C6H9N3O2. The fraction of sp³-hybridized carbons (Fsp3) is 0.500. The molecule has 0 aliphatic heterocycles. The molecule has 0 aromatic carbocycles. The first-order valence-corrected chi connectivity index (χ1v) is 3.24. The number of aromatic nitrogens is 3. The molecule has 0 bridgehead atoms. The van der Waals surface area contributed by atoms with Gasteiger partial charge in [-0.2, -0.15) is 15.4 Å². The molecule has 0 saturated heterocycles. The number of esters is 1. The summed E-state index contributed by atoms with van der Waals surface area (Å²) in [7, 11) is 1.37. The molecule has 11 heavy (non-hydrogen) atoms. The Bertz CT molecular complexity index is 220. The summed E-state index contributed by atoms with van der Waals surface area (Å²) in [6.45, 7) is 0. The molecule has 0 aliphatic rings. The van der Waals surface area contributed by atoms with Gasteiger partial charge in [-0.3, -0.25) is 4.79 Å². The van der Waals surface area contributed by atoms with Crippen molar-refractivity contribution in [1.29, 1.82) is 0 Å². The minimum Gasteiger partial charge on any atom is -0.469 e. The maximum atomic E-state index is 10.6. The Labute approximate surface area is 63.8 Å². The van der Waals surface area contributed by atoms with Crippen molar-refractivity contribution >= 4 is 5.97 Å². The Kier molecular flexibility index (Phi) is 2.59. The van der Waals surface area contributed by atoms with Crippen molar-refractivity contribution in [2.45, 2.75) is 12.8 Å². The molecule has 0 fully saturated rings. The van der Waals surface area contributed by atoms with Crippen LogP contribution in [0.2, 0.25) is 0 Å². The summed E-state index contributed by atoms with van der Waals surface area (Å²) in [6.07, 6.45) is 2.51. The molecule has 60 valence electrons. The van der Waals surface area contributed by atoms with Crippen LogP contribution in [0.25, 0.3) is 0 Å². The zero-order chi connectivity index (χ0) is 8.10. The molecule has 0 atom stereocenters. The van der Waals surface area contributed by atoms with Crippen molar-refractivity contribution in [3.05, 3.63) is 11.9 Å². The van der Waals surface area contributed by atoms with E-state index in [1.165, 1.54) is 7.11 Å². The van der Waals surface area contributed by atoms with Crippen LogP contribution in [0.15, 0.2) is 6.20 Å². The van der Waals surface area contributed by atoms with Gasteiger partial charge in [0.25, 0.3) is 0 Å². The van der Waals surface area contributed by atoms with Gasteiger partial charge in [0.1, 0.15) is 0 Å². The first-order chi connectivity index (χ1) is 5.33. The maximum absolute atomic E-state index is 10.6. The van der Waals surface area contributed by atoms with Crippen LogP contribution in [0.1, 0.15) is 12.1 Å². The number of hydrogen-bond acceptors (Lipinski definition) is 4. The van der Waals surface area contributed by atoms with Gasteiger partial charge < -0.3 is 4.74 Å². The summed E-state index contributed by atoms with van der Waals surface area (Å²) in [5.41, 5.74) is 0.774. The predicted molar refractivity (Wildman–Crippen MR) is 36.7 cm³/mol. The molecule has 0 amide bonds. The number of nitrogens with zero attached hydrogens (tertiary/aromatic N) is 2. The van der Waals surface area contributed by atoms with Gasteiger partial charge >= 0.3 is 5.97 Å². The van der Waals surface area contributed by atoms with E-state index in [2.05, 4.69) is 20.1 Å². The lowest BCUT2D eigenvalue weighted by Gasteiger charge is -1.94. The van der Waals surface area contributed by atoms with Crippen molar-refractivity contribution in [3.8, 4) is 0 Å². The van der Waals surface area contributed by atoms with Gasteiger partial charge in [-0.05, 0) is 0 Å². The van der Waals surface area contributed by atoms with E-state index in [9.17, 15) is 4.79 Å². The summed E-state index contributed by atoms with van der Waals surface area (Å²) >= 11 is 0. The quantitative estimate of drug-likeness (QED) is 0.619. The van der Waals surface area contributed by atoms with E-state index in [-0.39, 0.29) is 5.97 Å². The minimum absolute atomic E-state index is 0.229. The van der Waals surface area contributed by atoms with Crippen LogP contribution in [0.3, 0.4) is 0 Å². The lowest BCUT2D eigenvalue weighted by Crippen LogP contribution is -2.01. The first-order valence-electron chi connectivity index (χ1n) is 3.24. The average molecular weight is 155 g/mol. The maximum Gasteiger partial charge on any atom is 0.305 e. The lowest BCUT2D eigenvalue weighted by molar-refractivity contribution is -0.140. The molecule has 1 rings (SSSR count). The van der Waals surface area contributed by atoms with Gasteiger partial charge in [0.2, 0.25) is 0 Å². The fourth-order valence-electron chi connectivity index (χ4n) is 0.678. The summed E-state index contributed by atoms with van der Waals surface area (Å²) < 4.78 is 4.45. The SMILES string of the molecule is COC(=O)CCc1cn[nH]n1. The lowest BCUT2D eigenvalue weighted by atomic mass is 10.2. The van der Waals surface area contributed by atoms with Gasteiger partial charge in [0.05, 0.1) is 25.4 Å². The van der Waals surface area contributed by atoms with Crippen molar-refractivity contribution in [2.24, 2.45) is 0 Å². The molecular weight excluding hydrogens is 146 g/mol. The van der Waals surface area contributed by atoms with Crippen LogP contribution in [0.5, 0.6) is 0 Å². The van der Waals surface area contributed by atoms with Crippen LogP contribution >= 0.6 is 0 Å². The third-order valence-corrected chi connectivity index (χ3v) is 1.28. The van der Waals surface area contributed by atoms with Crippen LogP contribution in [0, 0.1) is 0 Å². The average Bonchev–Trinajstić information content (AvgIpc) is 2.52. The number of H-pyrrole nitrogens is 1. The van der Waals surface area contributed by atoms with E-state index in [1.807, 2.05) is 0 Å². The Morgan fingerprint density at radius 3 is 3.18 bits per heavy atom. The van der Waals surface area contributed by atoms with Gasteiger partial charge in [-0.1, -0.05) is 0 Å². The molecule has 1 aromatic rings. The standard InChI is InChI=1S/C6H9N3O2/c1-11-6(10)3-2-5-4-7-9-8-5/h4H,2-3H2,1H3,(H,7,8,9). The molecule has 1 N–H and O–H groups in total. The highest BCUT2D eigenvalue weighted by molar-refractivity contribution is 5.69. The monoisotopic (exact) mass is 155 g/mol. The third kappa shape index (κ3) is 2.37. The Hall–Kier alpha value is -1.39. The Morgan fingerprint density at radius 1 is 1.82 bits per heavy atom. The molecule has 5 nitrogen and oxygen atoms in total. The minimum atomic E-state index is -0.229. The molecule has 0 aliphatic carbocycles. The number of aryl methyl sites for hydroxylation is 1. The van der Waals surface area contributed by atoms with Crippen LogP contribution in [0.4, 0.5) is 0 Å². The highest BCUT2D eigenvalue weighted by Crippen LogP contribution is 1.95. The van der Waals surface area contributed by atoms with E-state index < -0.39 is 0 Å². The van der Waals surface area contributed by atoms with Gasteiger partial charge in [-0.15, -0.1) is 0 Å². The molecule has 0 saturated carbocycles. The number of carbonyl (C=O) groups excluding carboxylic acids is 1. The summed E-state index contributed by atoms with van der Waals surface area (Å²) in [4.78, 5) is 10.6. The van der Waals surface area contributed by atoms with Crippen LogP contribution in [-0.2, 0) is 16.0 Å². The zero-order valence-corrected chi connectivity index (χ0v) is 6.20. The number of nitrogens with one attached hydrogen (secondary N) is 1. The number of rotatable bonds is 3. The van der Waals surface area contributed by atoms with E-state index in [4.69, 9.17) is 0 Å². The molecule has 0 unspecified atom stereocenters. The normalized spacial score (nSPS) is 9.55. The van der Waals surface area contributed by atoms with E-state index in [1.54, 1.807) is 6.20 Å². The van der Waals surface area contributed by atoms with Gasteiger partial charge in [0.15, 0.2) is 0 Å². The summed E-state index contributed by atoms with van der Waals surface area (Å²) in [5.74, 6) is -0.229. The second-order valence-electron chi connectivity index (χ2n) is 2.04. The molecule has 0 spiro atoms. The molecule has 0 radical (unpaired) electrons. The Balaban J connectivity index is 2.29. The topological polar surface area (TPSA) is 67.9 Å². The van der Waals surface area contributed by atoms with Crippen molar-refractivity contribution in [2.75, 3.05) is 7.11 Å². The van der Waals surface area contributed by atoms with E-state index in [0.717, 1.165) is 5.69 Å². The van der Waals surface area contributed by atoms with Crippen molar-refractivity contribution in [1.82, 2.24) is 15.4 Å². The van der Waals surface area contributed by atoms with E-state index >= 15 is 0 Å².